The molecule has 1 aliphatic heterocycles. The molecule has 0 spiro atoms. The number of hydrogen-bond acceptors (Lipinski definition) is 12. The fourth-order valence-electron chi connectivity index (χ4n) is 5.69. The van der Waals surface area contributed by atoms with Crippen molar-refractivity contribution in [2.75, 3.05) is 13.2 Å². The Morgan fingerprint density at radius 3 is 1.37 bits per heavy atom. The highest BCUT2D eigenvalue weighted by atomic mass is 16.5. The van der Waals surface area contributed by atoms with Gasteiger partial charge in [-0.2, -0.15) is 0 Å². The summed E-state index contributed by atoms with van der Waals surface area (Å²) < 4.78 is 4.93. The summed E-state index contributed by atoms with van der Waals surface area (Å²) >= 11 is 0. The Kier molecular flexibility index (Phi) is 32.1. The fourth-order valence-corrected chi connectivity index (χ4v) is 5.69. The van der Waals surface area contributed by atoms with Crippen LogP contribution in [0, 0.1) is 33.0 Å². The molecule has 0 bridgehead atoms. The summed E-state index contributed by atoms with van der Waals surface area (Å²) in [7, 11) is 0. The van der Waals surface area contributed by atoms with Crippen LogP contribution in [0.15, 0.2) is 78.2 Å². The number of H-pyrrole nitrogens is 1. The predicted octanol–water partition coefficient (Wildman–Crippen LogP) is 12.7. The van der Waals surface area contributed by atoms with Crippen molar-refractivity contribution in [2.45, 2.75) is 183 Å². The zero-order chi connectivity index (χ0) is 58.5. The number of nitrogens with one attached hydrogen (secondary N) is 1. The Labute approximate surface area is 449 Å². The van der Waals surface area contributed by atoms with Crippen molar-refractivity contribution in [2.24, 2.45) is 33.0 Å². The summed E-state index contributed by atoms with van der Waals surface area (Å²) in [5.74, 6) is 0.0864. The van der Waals surface area contributed by atoms with Gasteiger partial charge in [0, 0.05) is 85.4 Å². The van der Waals surface area contributed by atoms with Crippen molar-refractivity contribution in [1.29, 1.82) is 0 Å². The molecular weight excluding hydrogens is 949 g/mol. The average Bonchev–Trinajstić information content (AvgIpc) is 3.79. The van der Waals surface area contributed by atoms with Crippen LogP contribution in [0.1, 0.15) is 194 Å². The monoisotopic (exact) mass is 1040 g/mol. The number of nitrogens with zero attached hydrogens (tertiary/aromatic N) is 1. The summed E-state index contributed by atoms with van der Waals surface area (Å²) in [6, 6.07) is 9.65. The maximum absolute atomic E-state index is 11.7. The molecule has 1 fully saturated rings. The molecule has 1 aromatic carbocycles. The zero-order valence-electron chi connectivity index (χ0n) is 49.1. The van der Waals surface area contributed by atoms with Crippen LogP contribution in [-0.4, -0.2) is 81.0 Å². The molecule has 1 N–H and O–H groups in total. The number of benzene rings is 1. The minimum Gasteiger partial charge on any atom is -0.373 e. The van der Waals surface area contributed by atoms with E-state index in [0.29, 0.717) is 64.0 Å². The van der Waals surface area contributed by atoms with Crippen LogP contribution < -0.4 is 0 Å². The highest BCUT2D eigenvalue weighted by Gasteiger charge is 2.28. The van der Waals surface area contributed by atoms with E-state index in [1.54, 1.807) is 57.5 Å². The summed E-state index contributed by atoms with van der Waals surface area (Å²) in [5, 5.41) is 0. The van der Waals surface area contributed by atoms with Crippen molar-refractivity contribution in [3.63, 3.8) is 0 Å². The van der Waals surface area contributed by atoms with Crippen LogP contribution in [-0.2, 0) is 52.7 Å². The van der Waals surface area contributed by atoms with Gasteiger partial charge in [0.05, 0.1) is 13.2 Å². The molecule has 75 heavy (non-hydrogen) atoms. The van der Waals surface area contributed by atoms with E-state index in [4.69, 9.17) is 4.74 Å². The zero-order valence-corrected chi connectivity index (χ0v) is 49.1. The highest BCUT2D eigenvalue weighted by Crippen LogP contribution is 2.22. The third kappa shape index (κ3) is 37.4. The summed E-state index contributed by atoms with van der Waals surface area (Å²) in [6.07, 6.45) is 15.2. The van der Waals surface area contributed by atoms with Crippen LogP contribution in [0.2, 0.25) is 0 Å². The molecular formula is C62H92N2O11. The Hall–Kier alpha value is -5.95. The second-order valence-electron chi connectivity index (χ2n) is 24.6. The molecule has 2 aromatic rings. The Morgan fingerprint density at radius 1 is 0.587 bits per heavy atom. The van der Waals surface area contributed by atoms with E-state index in [1.165, 1.54) is 12.2 Å². The minimum atomic E-state index is -0.522. The fraction of sp³-hybridized carbons (Fsp3) is 0.565. The predicted molar refractivity (Wildman–Crippen MR) is 301 cm³/mol. The molecule has 0 saturated carbocycles. The van der Waals surface area contributed by atoms with E-state index >= 15 is 0 Å². The van der Waals surface area contributed by atoms with Gasteiger partial charge in [0.1, 0.15) is 23.2 Å². The second-order valence-corrected chi connectivity index (χ2v) is 24.6. The van der Waals surface area contributed by atoms with Crippen molar-refractivity contribution in [3.05, 3.63) is 89.6 Å². The van der Waals surface area contributed by atoms with Crippen LogP contribution in [0.25, 0.3) is 12.2 Å². The molecule has 1 aliphatic rings. The van der Waals surface area contributed by atoms with Gasteiger partial charge in [-0.3, -0.25) is 47.9 Å². The first-order valence-electron chi connectivity index (χ1n) is 25.8. The molecule has 0 atom stereocenters. The second kappa shape index (κ2) is 33.9. The molecule has 2 heterocycles. The highest BCUT2D eigenvalue weighted by molar-refractivity contribution is 6.41. The number of carbonyl (C=O) groups excluding carboxylic acids is 10. The number of aromatic amines is 1. The van der Waals surface area contributed by atoms with Gasteiger partial charge in [-0.05, 0) is 66.7 Å². The van der Waals surface area contributed by atoms with Crippen LogP contribution in [0.4, 0.5) is 0 Å². The standard InChI is InChI=1S/C16H20O2.C13H18N2O2.C12H18O3.C11H18O2.C10H18O2/c1-16(2,3)15(18)12-11-14(17)10-9-13-7-5-4-6-8-13;1-13(2,3)11(17)6-4-10(16)5-7-12-14-8-9-15-12;1-12(2,3)11(14)5-4-10(13)6-9-7-15-8-9;1-8(2)6-9(12)10(13)7-11(3,4)5;1-7(2)6-8(11)9(12)10(3,4)5/h4-10H,11-12H2,1-3H3;5,7-9H,4,6H2,1-3H3,(H,14,15);6H,4-5,7-8H2,1-3H3;6H,7H2,1-5H3;7H,6H2,1-5H3/b10-9+;7-5+;;;. The molecule has 0 unspecified atom stereocenters. The molecule has 0 amide bonds. The van der Waals surface area contributed by atoms with E-state index in [-0.39, 0.29) is 91.8 Å². The molecule has 416 valence electrons. The van der Waals surface area contributed by atoms with Gasteiger partial charge in [-0.15, -0.1) is 0 Å². The van der Waals surface area contributed by atoms with E-state index in [1.807, 2.05) is 141 Å². The van der Waals surface area contributed by atoms with Gasteiger partial charge in [0.15, 0.2) is 23.1 Å². The first kappa shape index (κ1) is 71.1. The normalized spacial score (nSPS) is 12.5. The lowest BCUT2D eigenvalue weighted by molar-refractivity contribution is -0.141. The number of ether oxygens (including phenoxy) is 1. The maximum atomic E-state index is 11.7. The number of rotatable bonds is 20. The van der Waals surface area contributed by atoms with E-state index in [9.17, 15) is 47.9 Å². The van der Waals surface area contributed by atoms with E-state index in [0.717, 1.165) is 16.7 Å². The van der Waals surface area contributed by atoms with Crippen molar-refractivity contribution in [3.8, 4) is 0 Å². The number of ketones is 10. The lowest BCUT2D eigenvalue weighted by Gasteiger charge is -2.17. The van der Waals surface area contributed by atoms with Crippen molar-refractivity contribution < 1.29 is 52.7 Å². The first-order chi connectivity index (χ1) is 34.1. The smallest absolute Gasteiger partial charge is 0.221 e. The summed E-state index contributed by atoms with van der Waals surface area (Å²) in [4.78, 5) is 121. The van der Waals surface area contributed by atoms with Crippen LogP contribution >= 0.6 is 0 Å². The van der Waals surface area contributed by atoms with Crippen molar-refractivity contribution >= 4 is 70.0 Å². The molecule has 13 heteroatoms. The van der Waals surface area contributed by atoms with Crippen LogP contribution in [0.3, 0.4) is 0 Å². The number of aromatic nitrogens is 2. The largest absolute Gasteiger partial charge is 0.373 e. The number of Topliss-reactive ketones (excluding diaryl/α,β-unsaturated/α-hetero) is 6. The van der Waals surface area contributed by atoms with Gasteiger partial charge in [-0.1, -0.05) is 160 Å². The van der Waals surface area contributed by atoms with Gasteiger partial charge in [0.2, 0.25) is 17.3 Å². The molecule has 1 aromatic heterocycles. The molecule has 1 saturated heterocycles. The maximum Gasteiger partial charge on any atom is 0.221 e. The minimum absolute atomic E-state index is 0.00328. The SMILES string of the molecule is CC(C)(C)C(=O)CCC(=O)/C=C/c1ccccc1.CC(C)(C)C(=O)CCC(=O)/C=C/c1ncc[nH]1.CC(C)(C)C(=O)CCC(=O)C=C1COC1.CC(C)=CC(=O)C(=O)CC(C)(C)C.CC(C)CC(=O)C(=O)C(C)(C)C. The van der Waals surface area contributed by atoms with Gasteiger partial charge in [-0.25, -0.2) is 4.98 Å². The Morgan fingerprint density at radius 2 is 1.03 bits per heavy atom. The topological polar surface area (TPSA) is 209 Å². The van der Waals surface area contributed by atoms with Crippen molar-refractivity contribution in [1.82, 2.24) is 9.97 Å². The summed E-state index contributed by atoms with van der Waals surface area (Å²) in [6.45, 7) is 36.6. The van der Waals surface area contributed by atoms with Crippen LogP contribution in [0.5, 0.6) is 0 Å². The third-order valence-corrected chi connectivity index (χ3v) is 10.4. The molecule has 3 rings (SSSR count). The van der Waals surface area contributed by atoms with Gasteiger partial charge in [0.25, 0.3) is 0 Å². The van der Waals surface area contributed by atoms with Gasteiger partial charge >= 0.3 is 0 Å². The lowest BCUT2D eigenvalue weighted by atomic mass is 9.86. The third-order valence-electron chi connectivity index (χ3n) is 10.4. The molecule has 0 aliphatic carbocycles. The first-order valence-corrected chi connectivity index (χ1v) is 25.8. The Balaban J connectivity index is 0. The Bertz CT molecular complexity index is 2310. The lowest BCUT2D eigenvalue weighted by Crippen LogP contribution is -2.29. The van der Waals surface area contributed by atoms with E-state index in [2.05, 4.69) is 9.97 Å². The molecule has 13 nitrogen and oxygen atoms in total. The van der Waals surface area contributed by atoms with E-state index < -0.39 is 5.41 Å². The number of hydrogen-bond donors (Lipinski definition) is 1. The van der Waals surface area contributed by atoms with Gasteiger partial charge < -0.3 is 9.72 Å². The average molecular weight is 1040 g/mol. The quantitative estimate of drug-likeness (QED) is 0.0970. The number of imidazole rings is 1. The number of allylic oxidation sites excluding steroid dienone is 5. The summed E-state index contributed by atoms with van der Waals surface area (Å²) in [5.41, 5.74) is 1.19. The number of carbonyl (C=O) groups is 10. The molecule has 0 radical (unpaired) electrons.